The van der Waals surface area contributed by atoms with Gasteiger partial charge in [-0.3, -0.25) is 9.59 Å². The van der Waals surface area contributed by atoms with E-state index in [1.807, 2.05) is 4.90 Å². The molecule has 2 amide bonds. The van der Waals surface area contributed by atoms with Crippen LogP contribution in [0, 0.1) is 5.92 Å². The van der Waals surface area contributed by atoms with Crippen LogP contribution >= 0.6 is 0 Å². The third kappa shape index (κ3) is 4.23. The SMILES string of the molecule is C=CC(=O)N1C[C@H]2CC(n3nc(-c4ccc(C(=O)Nc5ncccc5C(F)(F)F)cc4)c4c(N)ncnc43)[C@H]1C2. The topological polar surface area (TPSA) is 132 Å². The minimum Gasteiger partial charge on any atom is -0.383 e. The number of nitrogens with zero attached hydrogens (tertiary/aromatic N) is 6. The van der Waals surface area contributed by atoms with Gasteiger partial charge < -0.3 is 16.0 Å². The third-order valence-electron chi connectivity index (χ3n) is 7.50. The minimum absolute atomic E-state index is 0.0538. The molecule has 204 valence electrons. The van der Waals surface area contributed by atoms with Crippen LogP contribution in [0.4, 0.5) is 24.8 Å². The number of nitrogens with two attached hydrogens (primary N) is 1. The molecule has 13 heteroatoms. The van der Waals surface area contributed by atoms with E-state index >= 15 is 0 Å². The van der Waals surface area contributed by atoms with Crippen molar-refractivity contribution in [1.82, 2.24) is 29.6 Å². The Morgan fingerprint density at radius 2 is 1.82 bits per heavy atom. The number of piperidine rings is 1. The number of anilines is 2. The zero-order valence-corrected chi connectivity index (χ0v) is 21.0. The zero-order valence-electron chi connectivity index (χ0n) is 21.0. The second kappa shape index (κ2) is 9.43. The maximum Gasteiger partial charge on any atom is 0.419 e. The molecule has 1 unspecified atom stereocenters. The van der Waals surface area contributed by atoms with E-state index in [1.54, 1.807) is 16.8 Å². The molecule has 2 fully saturated rings. The summed E-state index contributed by atoms with van der Waals surface area (Å²) in [5, 5.41) is 7.63. The van der Waals surface area contributed by atoms with E-state index in [4.69, 9.17) is 10.8 Å². The molecule has 1 saturated heterocycles. The van der Waals surface area contributed by atoms with Gasteiger partial charge in [-0.05, 0) is 49.1 Å². The second-order valence-electron chi connectivity index (χ2n) is 9.85. The molecule has 4 aromatic rings. The Morgan fingerprint density at radius 3 is 2.52 bits per heavy atom. The van der Waals surface area contributed by atoms with Crippen molar-refractivity contribution in [2.75, 3.05) is 17.6 Å². The van der Waals surface area contributed by atoms with Gasteiger partial charge in [0.25, 0.3) is 5.91 Å². The summed E-state index contributed by atoms with van der Waals surface area (Å²) < 4.78 is 41.7. The number of pyridine rings is 1. The molecule has 10 nitrogen and oxygen atoms in total. The van der Waals surface area contributed by atoms with Crippen LogP contribution in [0.1, 0.15) is 34.8 Å². The highest BCUT2D eigenvalue weighted by Gasteiger charge is 2.48. The van der Waals surface area contributed by atoms with Crippen LogP contribution in [0.15, 0.2) is 61.6 Å². The number of benzene rings is 1. The summed E-state index contributed by atoms with van der Waals surface area (Å²) >= 11 is 0. The first-order valence-corrected chi connectivity index (χ1v) is 12.5. The highest BCUT2D eigenvalue weighted by molar-refractivity contribution is 6.05. The fourth-order valence-corrected chi connectivity index (χ4v) is 5.75. The van der Waals surface area contributed by atoms with Gasteiger partial charge in [0.05, 0.1) is 23.0 Å². The number of fused-ring (bicyclic) bond motifs is 3. The summed E-state index contributed by atoms with van der Waals surface area (Å²) in [7, 11) is 0. The molecule has 6 rings (SSSR count). The number of likely N-dealkylation sites (tertiary alicyclic amines) is 1. The first-order valence-electron chi connectivity index (χ1n) is 12.5. The van der Waals surface area contributed by atoms with Gasteiger partial charge in [-0.25, -0.2) is 19.6 Å². The number of rotatable bonds is 5. The molecule has 3 N–H and O–H groups in total. The Hall–Kier alpha value is -4.81. The summed E-state index contributed by atoms with van der Waals surface area (Å²) in [5.74, 6) is -0.873. The van der Waals surface area contributed by atoms with Crippen molar-refractivity contribution < 1.29 is 22.8 Å². The molecule has 2 aliphatic rings. The van der Waals surface area contributed by atoms with Crippen LogP contribution in [0.5, 0.6) is 0 Å². The van der Waals surface area contributed by atoms with E-state index in [1.165, 1.54) is 30.7 Å². The molecule has 1 aliphatic heterocycles. The molecule has 2 bridgehead atoms. The number of hydrogen-bond donors (Lipinski definition) is 2. The van der Waals surface area contributed by atoms with Crippen molar-refractivity contribution in [2.45, 2.75) is 31.1 Å². The monoisotopic (exact) mass is 548 g/mol. The number of hydrogen-bond acceptors (Lipinski definition) is 7. The van der Waals surface area contributed by atoms with Crippen molar-refractivity contribution >= 4 is 34.5 Å². The average Bonchev–Trinajstić information content (AvgIpc) is 3.66. The van der Waals surface area contributed by atoms with Crippen LogP contribution in [-0.2, 0) is 11.0 Å². The largest absolute Gasteiger partial charge is 0.419 e. The molecule has 1 aromatic carbocycles. The van der Waals surface area contributed by atoms with Gasteiger partial charge >= 0.3 is 6.18 Å². The van der Waals surface area contributed by atoms with E-state index in [0.717, 1.165) is 25.0 Å². The van der Waals surface area contributed by atoms with Gasteiger partial charge in [0.1, 0.15) is 23.7 Å². The van der Waals surface area contributed by atoms with E-state index < -0.39 is 23.5 Å². The molecule has 1 saturated carbocycles. The number of carbonyl (C=O) groups excluding carboxylic acids is 2. The van der Waals surface area contributed by atoms with Crippen LogP contribution in [0.25, 0.3) is 22.3 Å². The lowest BCUT2D eigenvalue weighted by atomic mass is 10.1. The van der Waals surface area contributed by atoms with Gasteiger partial charge in [-0.1, -0.05) is 18.7 Å². The standard InChI is InChI=1S/C27H23F3N8O2/c1-2-20(39)37-12-14-10-18(37)19(11-14)38-25-21(23(31)33-13-34-25)22(36-38)15-5-7-16(8-6-15)26(40)35-24-17(27(28,29)30)4-3-9-32-24/h2-9,13-14,18-19H,1,10-12H2,(H2,31,33,34)(H,32,35,40)/t14-,18-,19?/m1/s1. The van der Waals surface area contributed by atoms with E-state index in [2.05, 4.69) is 26.8 Å². The summed E-state index contributed by atoms with van der Waals surface area (Å²) in [6, 6.07) is 8.05. The fourth-order valence-electron chi connectivity index (χ4n) is 5.75. The van der Waals surface area contributed by atoms with Gasteiger partial charge in [0.15, 0.2) is 5.65 Å². The molecular formula is C27H23F3N8O2. The van der Waals surface area contributed by atoms with Crippen molar-refractivity contribution in [3.8, 4) is 11.3 Å². The highest BCUT2D eigenvalue weighted by Crippen LogP contribution is 2.46. The molecule has 3 atom stereocenters. The fraction of sp³-hybridized carbons (Fsp3) is 0.259. The molecule has 0 spiro atoms. The predicted molar refractivity (Wildman–Crippen MR) is 140 cm³/mol. The van der Waals surface area contributed by atoms with E-state index in [9.17, 15) is 22.8 Å². The van der Waals surface area contributed by atoms with E-state index in [0.29, 0.717) is 34.8 Å². The molecule has 0 radical (unpaired) electrons. The Bertz CT molecular complexity index is 1650. The molecular weight excluding hydrogens is 525 g/mol. The zero-order chi connectivity index (χ0) is 28.2. The van der Waals surface area contributed by atoms with Crippen molar-refractivity contribution in [1.29, 1.82) is 0 Å². The smallest absolute Gasteiger partial charge is 0.383 e. The lowest BCUT2D eigenvalue weighted by Gasteiger charge is -2.32. The van der Waals surface area contributed by atoms with Crippen LogP contribution in [-0.4, -0.2) is 54.0 Å². The van der Waals surface area contributed by atoms with E-state index in [-0.39, 0.29) is 29.4 Å². The molecule has 40 heavy (non-hydrogen) atoms. The molecule has 1 aliphatic carbocycles. The normalized spacial score (nSPS) is 20.2. The number of aromatic nitrogens is 5. The van der Waals surface area contributed by atoms with Crippen molar-refractivity contribution in [3.63, 3.8) is 0 Å². The Morgan fingerprint density at radius 1 is 1.07 bits per heavy atom. The quantitative estimate of drug-likeness (QED) is 0.359. The minimum atomic E-state index is -4.67. The van der Waals surface area contributed by atoms with Crippen molar-refractivity contribution in [2.24, 2.45) is 5.92 Å². The predicted octanol–water partition coefficient (Wildman–Crippen LogP) is 4.09. The Balaban J connectivity index is 1.32. The number of carbonyl (C=O) groups is 2. The summed E-state index contributed by atoms with van der Waals surface area (Å²) in [4.78, 5) is 39.3. The molecule has 4 heterocycles. The van der Waals surface area contributed by atoms with Gasteiger partial charge in [0.2, 0.25) is 5.91 Å². The van der Waals surface area contributed by atoms with Crippen LogP contribution in [0.2, 0.25) is 0 Å². The number of amides is 2. The highest BCUT2D eigenvalue weighted by atomic mass is 19.4. The van der Waals surface area contributed by atoms with Crippen LogP contribution < -0.4 is 11.1 Å². The van der Waals surface area contributed by atoms with Crippen molar-refractivity contribution in [3.05, 3.63) is 72.7 Å². The summed E-state index contributed by atoms with van der Waals surface area (Å²) in [5.41, 5.74) is 6.97. The second-order valence-corrected chi connectivity index (χ2v) is 9.85. The number of alkyl halides is 3. The number of nitrogen functional groups attached to an aromatic ring is 1. The lowest BCUT2D eigenvalue weighted by molar-refractivity contribution is -0.137. The first-order chi connectivity index (χ1) is 19.2. The Labute approximate surface area is 225 Å². The van der Waals surface area contributed by atoms with Crippen LogP contribution in [0.3, 0.4) is 0 Å². The number of nitrogens with one attached hydrogen (secondary N) is 1. The van der Waals surface area contributed by atoms with Gasteiger partial charge in [0, 0.05) is 23.9 Å². The van der Waals surface area contributed by atoms with Gasteiger partial charge in [-0.2, -0.15) is 18.3 Å². The Kier molecular flexibility index (Phi) is 6.01. The number of halogens is 3. The summed E-state index contributed by atoms with van der Waals surface area (Å²) in [6.07, 6.45) is 0.873. The van der Waals surface area contributed by atoms with Gasteiger partial charge in [-0.15, -0.1) is 0 Å². The average molecular weight is 549 g/mol. The maximum absolute atomic E-state index is 13.3. The molecule has 3 aromatic heterocycles. The first kappa shape index (κ1) is 25.5. The lowest BCUT2D eigenvalue weighted by Crippen LogP contribution is -2.42. The summed E-state index contributed by atoms with van der Waals surface area (Å²) in [6.45, 7) is 4.30. The third-order valence-corrected chi connectivity index (χ3v) is 7.50. The maximum atomic E-state index is 13.3.